The van der Waals surface area contributed by atoms with Gasteiger partial charge < -0.3 is 24.5 Å². The number of carbonyl (C=O) groups is 2. The van der Waals surface area contributed by atoms with Crippen LogP contribution in [0.25, 0.3) is 0 Å². The molecule has 0 aromatic heterocycles. The smallest absolute Gasteiger partial charge is 0.547 e. The van der Waals surface area contributed by atoms with Crippen molar-refractivity contribution in [3.63, 3.8) is 0 Å². The van der Waals surface area contributed by atoms with Crippen LogP contribution in [0.15, 0.2) is 4.99 Å². The molecule has 0 radical (unpaired) electrons. The molecule has 1 heterocycles. The Labute approximate surface area is 197 Å². The fourth-order valence-corrected chi connectivity index (χ4v) is 3.98. The van der Waals surface area contributed by atoms with Gasteiger partial charge in [0, 0.05) is 13.5 Å². The van der Waals surface area contributed by atoms with Gasteiger partial charge in [-0.3, -0.25) is 4.48 Å². The molecule has 29 heavy (non-hydrogen) atoms. The SMILES string of the molecule is CCCCCCCCCCCCC1=NCC[N+]1(CC(=O)[O-])CC(OC)C(=O)[O-].[Na+]. The van der Waals surface area contributed by atoms with Crippen LogP contribution >= 0.6 is 0 Å². The van der Waals surface area contributed by atoms with E-state index in [-0.39, 0.29) is 47.1 Å². The van der Waals surface area contributed by atoms with Gasteiger partial charge in [0.05, 0.1) is 18.5 Å². The van der Waals surface area contributed by atoms with Crippen molar-refractivity contribution in [3.05, 3.63) is 0 Å². The second kappa shape index (κ2) is 16.3. The average molecular weight is 421 g/mol. The van der Waals surface area contributed by atoms with E-state index in [1.807, 2.05) is 0 Å². The first-order chi connectivity index (χ1) is 13.4. The van der Waals surface area contributed by atoms with Crippen molar-refractivity contribution in [2.24, 2.45) is 4.99 Å². The van der Waals surface area contributed by atoms with Crippen LogP contribution in [0.3, 0.4) is 0 Å². The van der Waals surface area contributed by atoms with Gasteiger partial charge in [0.25, 0.3) is 0 Å². The topological polar surface area (TPSA) is 102 Å². The number of carboxylic acids is 2. The zero-order valence-corrected chi connectivity index (χ0v) is 20.6. The third-order valence-electron chi connectivity index (χ3n) is 5.62. The first kappa shape index (κ1) is 28.5. The van der Waals surface area contributed by atoms with Crippen LogP contribution in [-0.2, 0) is 14.3 Å². The van der Waals surface area contributed by atoms with Gasteiger partial charge in [0.15, 0.2) is 5.84 Å². The van der Waals surface area contributed by atoms with Gasteiger partial charge >= 0.3 is 29.6 Å². The van der Waals surface area contributed by atoms with Crippen molar-refractivity contribution in [3.8, 4) is 0 Å². The van der Waals surface area contributed by atoms with Crippen LogP contribution in [0.4, 0.5) is 0 Å². The Morgan fingerprint density at radius 1 is 1.03 bits per heavy atom. The Morgan fingerprint density at radius 2 is 1.59 bits per heavy atom. The number of aliphatic imine (C=N–C) groups is 1. The van der Waals surface area contributed by atoms with Crippen LogP contribution in [0.2, 0.25) is 0 Å². The van der Waals surface area contributed by atoms with Gasteiger partial charge in [0.2, 0.25) is 0 Å². The minimum absolute atomic E-state index is 0. The number of hydrogen-bond acceptors (Lipinski definition) is 6. The summed E-state index contributed by atoms with van der Waals surface area (Å²) in [6.07, 6.45) is 11.8. The van der Waals surface area contributed by atoms with E-state index in [4.69, 9.17) is 4.74 Å². The van der Waals surface area contributed by atoms with Gasteiger partial charge in [-0.05, 0) is 6.42 Å². The molecule has 0 aromatic carbocycles. The van der Waals surface area contributed by atoms with E-state index in [9.17, 15) is 19.8 Å². The standard InChI is InChI=1S/C21H38N2O5.Na/c1-3-4-5-6-7-8-9-10-11-12-13-19-22-14-15-23(19,17-20(24)25)16-18(28-2)21(26)27;/h18H,3-17H2,1-2H3,(H-,24,25,26,27);/q;+1/p-1. The normalized spacial score (nSPS) is 19.4. The third kappa shape index (κ3) is 10.9. The summed E-state index contributed by atoms with van der Waals surface area (Å²) in [7, 11) is 1.30. The minimum Gasteiger partial charge on any atom is -0.547 e. The van der Waals surface area contributed by atoms with E-state index < -0.39 is 18.0 Å². The van der Waals surface area contributed by atoms with Gasteiger partial charge in [-0.1, -0.05) is 64.7 Å². The monoisotopic (exact) mass is 420 g/mol. The molecule has 0 N–H and O–H groups in total. The summed E-state index contributed by atoms with van der Waals surface area (Å²) in [6, 6.07) is 0. The molecule has 0 spiro atoms. The third-order valence-corrected chi connectivity index (χ3v) is 5.62. The number of ether oxygens (including phenoxy) is 1. The summed E-state index contributed by atoms with van der Waals surface area (Å²) in [5.41, 5.74) is 0. The molecule has 0 saturated carbocycles. The number of carbonyl (C=O) groups excluding carboxylic acids is 2. The van der Waals surface area contributed by atoms with Crippen LogP contribution in [-0.4, -0.2) is 61.7 Å². The van der Waals surface area contributed by atoms with E-state index in [1.165, 1.54) is 58.5 Å². The number of quaternary nitrogens is 1. The summed E-state index contributed by atoms with van der Waals surface area (Å²) >= 11 is 0. The number of aliphatic carboxylic acids is 2. The molecule has 2 atom stereocenters. The first-order valence-electron chi connectivity index (χ1n) is 10.8. The predicted octanol–water partition coefficient (Wildman–Crippen LogP) is -1.95. The van der Waals surface area contributed by atoms with Crippen molar-refractivity contribution in [1.82, 2.24) is 0 Å². The maximum Gasteiger partial charge on any atom is 1.00 e. The second-order valence-electron chi connectivity index (χ2n) is 7.85. The maximum atomic E-state index is 11.3. The van der Waals surface area contributed by atoms with Gasteiger partial charge in [0.1, 0.15) is 25.7 Å². The molecule has 0 bridgehead atoms. The minimum atomic E-state index is -1.33. The van der Waals surface area contributed by atoms with E-state index in [2.05, 4.69) is 11.9 Å². The van der Waals surface area contributed by atoms with E-state index in [1.54, 1.807) is 0 Å². The Kier molecular flexibility index (Phi) is 16.0. The Hall–Kier alpha value is -0.470. The summed E-state index contributed by atoms with van der Waals surface area (Å²) in [6.45, 7) is 2.94. The maximum absolute atomic E-state index is 11.3. The number of nitrogens with zero attached hydrogens (tertiary/aromatic N) is 2. The second-order valence-corrected chi connectivity index (χ2v) is 7.85. The van der Waals surface area contributed by atoms with Crippen molar-refractivity contribution >= 4 is 17.8 Å². The number of carboxylic acid groups (broad SMARTS) is 2. The molecule has 7 nitrogen and oxygen atoms in total. The Morgan fingerprint density at radius 3 is 2.07 bits per heavy atom. The molecule has 0 saturated heterocycles. The zero-order valence-electron chi connectivity index (χ0n) is 18.6. The summed E-state index contributed by atoms with van der Waals surface area (Å²) in [5, 5.41) is 22.6. The molecule has 1 aliphatic rings. The van der Waals surface area contributed by atoms with E-state index in [0.29, 0.717) is 19.5 Å². The van der Waals surface area contributed by atoms with Crippen molar-refractivity contribution in [2.75, 3.05) is 33.3 Å². The molecular weight excluding hydrogens is 383 g/mol. The van der Waals surface area contributed by atoms with Crippen LogP contribution in [0.1, 0.15) is 77.6 Å². The quantitative estimate of drug-likeness (QED) is 0.155. The van der Waals surface area contributed by atoms with Crippen molar-refractivity contribution in [2.45, 2.75) is 83.7 Å². The van der Waals surface area contributed by atoms with Crippen molar-refractivity contribution < 1.29 is 58.6 Å². The Bertz CT molecular complexity index is 515. The summed E-state index contributed by atoms with van der Waals surface area (Å²) in [4.78, 5) is 27.0. The summed E-state index contributed by atoms with van der Waals surface area (Å²) in [5.74, 6) is -1.78. The molecular formula is C21H37N2NaO5. The first-order valence-corrected chi connectivity index (χ1v) is 10.8. The fourth-order valence-electron chi connectivity index (χ4n) is 3.98. The molecule has 0 fully saturated rings. The summed E-state index contributed by atoms with van der Waals surface area (Å²) < 4.78 is 4.99. The zero-order chi connectivity index (χ0) is 20.8. The number of unbranched alkanes of at least 4 members (excludes halogenated alkanes) is 9. The van der Waals surface area contributed by atoms with E-state index in [0.717, 1.165) is 18.7 Å². The molecule has 2 unspecified atom stereocenters. The molecule has 0 aliphatic carbocycles. The largest absolute Gasteiger partial charge is 1.00 e. The average Bonchev–Trinajstić information content (AvgIpc) is 3.02. The molecule has 0 amide bonds. The van der Waals surface area contributed by atoms with Gasteiger partial charge in [-0.15, -0.1) is 0 Å². The number of methoxy groups -OCH3 is 1. The molecule has 1 rings (SSSR count). The van der Waals surface area contributed by atoms with Crippen molar-refractivity contribution in [1.29, 1.82) is 0 Å². The number of rotatable bonds is 17. The fraction of sp³-hybridized carbons (Fsp3) is 0.857. The number of hydrogen-bond donors (Lipinski definition) is 0. The Balaban J connectivity index is 0.00000784. The van der Waals surface area contributed by atoms with E-state index >= 15 is 0 Å². The molecule has 162 valence electrons. The van der Waals surface area contributed by atoms with Crippen LogP contribution in [0, 0.1) is 0 Å². The molecule has 1 aliphatic heterocycles. The van der Waals surface area contributed by atoms with Crippen LogP contribution < -0.4 is 39.8 Å². The van der Waals surface area contributed by atoms with Gasteiger partial charge in [-0.2, -0.15) is 0 Å². The van der Waals surface area contributed by atoms with Crippen LogP contribution in [0.5, 0.6) is 0 Å². The van der Waals surface area contributed by atoms with Gasteiger partial charge in [-0.25, -0.2) is 4.99 Å². The molecule has 0 aromatic rings. The molecule has 8 heteroatoms. The predicted molar refractivity (Wildman–Crippen MR) is 104 cm³/mol. The number of amidine groups is 1.